The lowest BCUT2D eigenvalue weighted by Gasteiger charge is -2.12. The molecule has 0 spiro atoms. The highest BCUT2D eigenvalue weighted by Crippen LogP contribution is 2.11. The highest BCUT2D eigenvalue weighted by atomic mass is 16.5. The van der Waals surface area contributed by atoms with Crippen LogP contribution in [0.1, 0.15) is 19.4 Å². The number of nitrogens with two attached hydrogens (primary N) is 1. The molecule has 0 unspecified atom stereocenters. The van der Waals surface area contributed by atoms with Crippen LogP contribution in [-0.2, 0) is 0 Å². The summed E-state index contributed by atoms with van der Waals surface area (Å²) < 4.78 is 5.49. The number of ether oxygens (including phenoxy) is 1. The molecule has 0 fully saturated rings. The van der Waals surface area contributed by atoms with E-state index in [4.69, 9.17) is 4.74 Å². The van der Waals surface area contributed by atoms with Gasteiger partial charge < -0.3 is 15.2 Å². The van der Waals surface area contributed by atoms with E-state index in [1.165, 1.54) is 5.56 Å². The Balaban J connectivity index is 2.26. The summed E-state index contributed by atoms with van der Waals surface area (Å²) in [5, 5.41) is 11.8. The minimum absolute atomic E-state index is 0.353. The van der Waals surface area contributed by atoms with Crippen molar-refractivity contribution in [3.8, 4) is 5.75 Å². The smallest absolute Gasteiger partial charge is 0.137 e. The normalized spacial score (nSPS) is 12.8. The first-order valence-electron chi connectivity index (χ1n) is 5.79. The van der Waals surface area contributed by atoms with Crippen molar-refractivity contribution >= 4 is 0 Å². The maximum absolute atomic E-state index is 9.66. The second-order valence-corrected chi connectivity index (χ2v) is 4.49. The van der Waals surface area contributed by atoms with Crippen LogP contribution >= 0.6 is 0 Å². The van der Waals surface area contributed by atoms with E-state index in [0.717, 1.165) is 5.75 Å². The molecule has 1 aromatic carbocycles. The summed E-state index contributed by atoms with van der Waals surface area (Å²) in [7, 11) is 0. The van der Waals surface area contributed by atoms with E-state index < -0.39 is 6.10 Å². The Labute approximate surface area is 97.4 Å². The molecule has 0 saturated carbocycles. The van der Waals surface area contributed by atoms with Crippen LogP contribution in [0.3, 0.4) is 0 Å². The number of aliphatic hydroxyl groups excluding tert-OH is 1. The van der Waals surface area contributed by atoms with Gasteiger partial charge in [0, 0.05) is 0 Å². The lowest BCUT2D eigenvalue weighted by Crippen LogP contribution is -2.90. The standard InChI is InChI=1S/C13H21NO2/c1-10(2)14-8-12(15)9-16-13-6-4-11(3)5-7-13/h4-7,10,12,14-15H,8-9H2,1-3H3/p+1/t12-/m1/s1. The molecule has 16 heavy (non-hydrogen) atoms. The molecule has 1 atom stereocenters. The molecule has 0 aliphatic heterocycles. The zero-order valence-corrected chi connectivity index (χ0v) is 10.3. The van der Waals surface area contributed by atoms with Crippen LogP contribution in [0, 0.1) is 6.92 Å². The van der Waals surface area contributed by atoms with Crippen LogP contribution in [0.2, 0.25) is 0 Å². The van der Waals surface area contributed by atoms with E-state index in [9.17, 15) is 5.11 Å². The molecule has 1 aromatic rings. The van der Waals surface area contributed by atoms with Crippen LogP contribution in [0.4, 0.5) is 0 Å². The van der Waals surface area contributed by atoms with E-state index >= 15 is 0 Å². The van der Waals surface area contributed by atoms with Gasteiger partial charge >= 0.3 is 0 Å². The van der Waals surface area contributed by atoms with E-state index in [0.29, 0.717) is 19.2 Å². The quantitative estimate of drug-likeness (QED) is 0.747. The third-order valence-electron chi connectivity index (χ3n) is 2.34. The maximum Gasteiger partial charge on any atom is 0.137 e. The summed E-state index contributed by atoms with van der Waals surface area (Å²) in [6, 6.07) is 8.36. The van der Waals surface area contributed by atoms with Gasteiger partial charge in [0.05, 0.1) is 6.04 Å². The maximum atomic E-state index is 9.66. The Morgan fingerprint density at radius 3 is 2.44 bits per heavy atom. The number of rotatable bonds is 6. The number of quaternary nitrogens is 1. The van der Waals surface area contributed by atoms with Crippen molar-refractivity contribution in [2.45, 2.75) is 32.9 Å². The molecule has 3 nitrogen and oxygen atoms in total. The van der Waals surface area contributed by atoms with Gasteiger partial charge in [-0.2, -0.15) is 0 Å². The molecule has 90 valence electrons. The number of aliphatic hydroxyl groups is 1. The van der Waals surface area contributed by atoms with Gasteiger partial charge in [0.1, 0.15) is 25.0 Å². The zero-order valence-electron chi connectivity index (χ0n) is 10.3. The minimum Gasteiger partial charge on any atom is -0.491 e. The van der Waals surface area contributed by atoms with Gasteiger partial charge in [-0.05, 0) is 32.9 Å². The van der Waals surface area contributed by atoms with Gasteiger partial charge in [0.25, 0.3) is 0 Å². The van der Waals surface area contributed by atoms with E-state index in [2.05, 4.69) is 19.2 Å². The average Bonchev–Trinajstić information content (AvgIpc) is 2.25. The lowest BCUT2D eigenvalue weighted by molar-refractivity contribution is -0.688. The van der Waals surface area contributed by atoms with Crippen molar-refractivity contribution in [3.63, 3.8) is 0 Å². The molecule has 0 aromatic heterocycles. The zero-order chi connectivity index (χ0) is 12.0. The summed E-state index contributed by atoms with van der Waals surface area (Å²) in [5.74, 6) is 0.814. The molecule has 0 bridgehead atoms. The first-order valence-corrected chi connectivity index (χ1v) is 5.79. The monoisotopic (exact) mass is 224 g/mol. The topological polar surface area (TPSA) is 46.1 Å². The van der Waals surface area contributed by atoms with Crippen LogP contribution in [0.15, 0.2) is 24.3 Å². The number of hydrogen-bond donors (Lipinski definition) is 2. The fourth-order valence-electron chi connectivity index (χ4n) is 1.32. The van der Waals surface area contributed by atoms with Crippen molar-refractivity contribution in [3.05, 3.63) is 29.8 Å². The molecule has 0 heterocycles. The fraction of sp³-hybridized carbons (Fsp3) is 0.538. The van der Waals surface area contributed by atoms with Crippen LogP contribution in [0.5, 0.6) is 5.75 Å². The molecular formula is C13H22NO2+. The predicted octanol–water partition coefficient (Wildman–Crippen LogP) is 0.707. The molecule has 0 saturated heterocycles. The molecule has 3 heteroatoms. The summed E-state index contributed by atoms with van der Waals surface area (Å²) in [5.41, 5.74) is 1.21. The first kappa shape index (κ1) is 13.0. The Morgan fingerprint density at radius 2 is 1.88 bits per heavy atom. The van der Waals surface area contributed by atoms with Gasteiger partial charge in [0.2, 0.25) is 0 Å². The fourth-order valence-corrected chi connectivity index (χ4v) is 1.32. The van der Waals surface area contributed by atoms with Crippen molar-refractivity contribution in [2.75, 3.05) is 13.2 Å². The second-order valence-electron chi connectivity index (χ2n) is 4.49. The van der Waals surface area contributed by atoms with Gasteiger partial charge in [0.15, 0.2) is 0 Å². The number of hydrogen-bond acceptors (Lipinski definition) is 2. The summed E-state index contributed by atoms with van der Waals surface area (Å²) in [6.07, 6.45) is -0.413. The second kappa shape index (κ2) is 6.51. The Morgan fingerprint density at radius 1 is 1.25 bits per heavy atom. The van der Waals surface area contributed by atoms with Crippen molar-refractivity contribution in [1.29, 1.82) is 0 Å². The van der Waals surface area contributed by atoms with E-state index in [-0.39, 0.29) is 0 Å². The average molecular weight is 224 g/mol. The lowest BCUT2D eigenvalue weighted by atomic mass is 10.2. The Hall–Kier alpha value is -1.06. The van der Waals surface area contributed by atoms with Gasteiger partial charge in [-0.15, -0.1) is 0 Å². The van der Waals surface area contributed by atoms with Crippen LogP contribution < -0.4 is 10.1 Å². The molecule has 0 radical (unpaired) electrons. The van der Waals surface area contributed by atoms with Crippen molar-refractivity contribution in [2.24, 2.45) is 0 Å². The van der Waals surface area contributed by atoms with Crippen LogP contribution in [-0.4, -0.2) is 30.4 Å². The van der Waals surface area contributed by atoms with Gasteiger partial charge in [-0.1, -0.05) is 17.7 Å². The molecule has 3 N–H and O–H groups in total. The van der Waals surface area contributed by atoms with Crippen LogP contribution in [0.25, 0.3) is 0 Å². The molecular weight excluding hydrogens is 202 g/mol. The van der Waals surface area contributed by atoms with Gasteiger partial charge in [-0.25, -0.2) is 0 Å². The summed E-state index contributed by atoms with van der Waals surface area (Å²) >= 11 is 0. The van der Waals surface area contributed by atoms with E-state index in [1.54, 1.807) is 0 Å². The molecule has 1 rings (SSSR count). The summed E-state index contributed by atoms with van der Waals surface area (Å²) in [4.78, 5) is 0. The molecule has 0 aliphatic rings. The predicted molar refractivity (Wildman–Crippen MR) is 64.6 cm³/mol. The highest BCUT2D eigenvalue weighted by Gasteiger charge is 2.08. The van der Waals surface area contributed by atoms with Gasteiger partial charge in [-0.3, -0.25) is 0 Å². The summed E-state index contributed by atoms with van der Waals surface area (Å²) in [6.45, 7) is 7.28. The Bertz CT molecular complexity index is 295. The highest BCUT2D eigenvalue weighted by molar-refractivity contribution is 5.26. The third-order valence-corrected chi connectivity index (χ3v) is 2.34. The molecule has 0 amide bonds. The van der Waals surface area contributed by atoms with Crippen molar-refractivity contribution in [1.82, 2.24) is 0 Å². The Kier molecular flexibility index (Phi) is 5.29. The SMILES string of the molecule is Cc1ccc(OC[C@H](O)C[NH2+]C(C)C)cc1. The minimum atomic E-state index is -0.413. The number of aryl methyl sites for hydroxylation is 1. The van der Waals surface area contributed by atoms with E-state index in [1.807, 2.05) is 31.2 Å². The largest absolute Gasteiger partial charge is 0.491 e. The first-order chi connectivity index (χ1) is 7.58. The van der Waals surface area contributed by atoms with Crippen molar-refractivity contribution < 1.29 is 15.2 Å². The number of benzene rings is 1. The molecule has 0 aliphatic carbocycles. The third kappa shape index (κ3) is 5.14.